The summed E-state index contributed by atoms with van der Waals surface area (Å²) in [5.41, 5.74) is 0. The van der Waals surface area contributed by atoms with Crippen LogP contribution in [0.4, 0.5) is 0 Å². The molecule has 0 aromatic heterocycles. The van der Waals surface area contributed by atoms with Gasteiger partial charge < -0.3 is 24.1 Å². The molecule has 0 radical (unpaired) electrons. The lowest BCUT2D eigenvalue weighted by Gasteiger charge is -2.29. The van der Waals surface area contributed by atoms with E-state index in [9.17, 15) is 5.11 Å². The molecule has 1 fully saturated rings. The van der Waals surface area contributed by atoms with Gasteiger partial charge in [0, 0.05) is 7.11 Å². The van der Waals surface area contributed by atoms with E-state index in [-0.39, 0.29) is 25.1 Å². The van der Waals surface area contributed by atoms with Crippen LogP contribution in [0.1, 0.15) is 13.8 Å². The largest absolute Gasteiger partial charge is 0.386 e. The predicted molar refractivity (Wildman–Crippen MR) is 55.7 cm³/mol. The molecule has 4 atom stereocenters. The van der Waals surface area contributed by atoms with Crippen LogP contribution in [-0.4, -0.2) is 49.2 Å². The molecule has 5 heteroatoms. The number of aliphatic hydroxyl groups excluding tert-OH is 1. The zero-order valence-electron chi connectivity index (χ0n) is 9.75. The van der Waals surface area contributed by atoms with Crippen LogP contribution in [0, 0.1) is 0 Å². The highest BCUT2D eigenvalue weighted by Crippen LogP contribution is 2.35. The third-order valence-corrected chi connectivity index (χ3v) is 2.70. The second kappa shape index (κ2) is 4.43. The maximum Gasteiger partial charge on any atom is 0.164 e. The lowest BCUT2D eigenvalue weighted by atomic mass is 9.96. The van der Waals surface area contributed by atoms with Crippen LogP contribution in [0.5, 0.6) is 0 Å². The Bertz CT molecular complexity index is 276. The highest BCUT2D eigenvalue weighted by atomic mass is 16.8. The Morgan fingerprint density at radius 3 is 2.62 bits per heavy atom. The second-order valence-corrected chi connectivity index (χ2v) is 4.48. The van der Waals surface area contributed by atoms with Crippen molar-refractivity contribution in [3.63, 3.8) is 0 Å². The van der Waals surface area contributed by atoms with Gasteiger partial charge in [-0.1, -0.05) is 12.2 Å². The lowest BCUT2D eigenvalue weighted by Crippen LogP contribution is -2.45. The topological polar surface area (TPSA) is 57.2 Å². The third kappa shape index (κ3) is 2.28. The molecule has 1 heterocycles. The molecule has 0 aromatic carbocycles. The Labute approximate surface area is 94.9 Å². The molecule has 92 valence electrons. The summed E-state index contributed by atoms with van der Waals surface area (Å²) in [5.74, 6) is -0.684. The molecule has 1 saturated heterocycles. The number of hydrogen-bond acceptors (Lipinski definition) is 5. The van der Waals surface area contributed by atoms with Crippen LogP contribution >= 0.6 is 0 Å². The molecule has 1 N–H and O–H groups in total. The maximum atomic E-state index is 9.78. The molecule has 0 aromatic rings. The van der Waals surface area contributed by atoms with Gasteiger partial charge in [0.1, 0.15) is 31.2 Å². The summed E-state index contributed by atoms with van der Waals surface area (Å²) < 4.78 is 21.7. The fraction of sp³-hybridized carbons (Fsp3) is 0.818. The molecule has 0 amide bonds. The van der Waals surface area contributed by atoms with Crippen molar-refractivity contribution >= 4 is 0 Å². The second-order valence-electron chi connectivity index (χ2n) is 4.48. The minimum Gasteiger partial charge on any atom is -0.386 e. The molecular weight excluding hydrogens is 212 g/mol. The molecule has 0 bridgehead atoms. The van der Waals surface area contributed by atoms with Gasteiger partial charge in [0.25, 0.3) is 0 Å². The minimum absolute atomic E-state index is 0.193. The zero-order valence-corrected chi connectivity index (χ0v) is 9.75. The summed E-state index contributed by atoms with van der Waals surface area (Å²) in [4.78, 5) is 0. The van der Waals surface area contributed by atoms with E-state index in [0.29, 0.717) is 0 Å². The van der Waals surface area contributed by atoms with Crippen molar-refractivity contribution in [3.05, 3.63) is 12.2 Å². The van der Waals surface area contributed by atoms with E-state index < -0.39 is 11.9 Å². The molecule has 0 unspecified atom stereocenters. The zero-order chi connectivity index (χ0) is 11.8. The summed E-state index contributed by atoms with van der Waals surface area (Å²) in [6.07, 6.45) is 1.92. The number of methoxy groups -OCH3 is 1. The molecule has 2 rings (SSSR count). The first-order valence-electron chi connectivity index (χ1n) is 5.36. The van der Waals surface area contributed by atoms with Crippen LogP contribution in [0.3, 0.4) is 0 Å². The fourth-order valence-electron chi connectivity index (χ4n) is 2.07. The SMILES string of the molecule is COCO[C@H]1C=C[C@H](O)[C@@H]2OC(C)(C)O[C@@H]21. The Balaban J connectivity index is 2.08. The van der Waals surface area contributed by atoms with Gasteiger partial charge in [-0.15, -0.1) is 0 Å². The lowest BCUT2D eigenvalue weighted by molar-refractivity contribution is -0.163. The van der Waals surface area contributed by atoms with Crippen molar-refractivity contribution in [1.82, 2.24) is 0 Å². The quantitative estimate of drug-likeness (QED) is 0.562. The highest BCUT2D eigenvalue weighted by Gasteiger charge is 2.49. The first-order chi connectivity index (χ1) is 7.53. The van der Waals surface area contributed by atoms with Crippen molar-refractivity contribution in [2.45, 2.75) is 44.1 Å². The van der Waals surface area contributed by atoms with E-state index in [1.807, 2.05) is 13.8 Å². The van der Waals surface area contributed by atoms with Crippen LogP contribution in [0.15, 0.2) is 12.2 Å². The van der Waals surface area contributed by atoms with E-state index in [1.165, 1.54) is 0 Å². The molecular formula is C11H18O5. The van der Waals surface area contributed by atoms with Crippen LogP contribution in [0.2, 0.25) is 0 Å². The Kier molecular flexibility index (Phi) is 3.32. The van der Waals surface area contributed by atoms with Crippen molar-refractivity contribution in [3.8, 4) is 0 Å². The third-order valence-electron chi connectivity index (χ3n) is 2.70. The van der Waals surface area contributed by atoms with Gasteiger partial charge >= 0.3 is 0 Å². The van der Waals surface area contributed by atoms with Crippen molar-refractivity contribution in [2.24, 2.45) is 0 Å². The summed E-state index contributed by atoms with van der Waals surface area (Å²) in [6, 6.07) is 0. The Morgan fingerprint density at radius 2 is 1.94 bits per heavy atom. The van der Waals surface area contributed by atoms with Crippen LogP contribution < -0.4 is 0 Å². The van der Waals surface area contributed by atoms with Crippen LogP contribution in [0.25, 0.3) is 0 Å². The van der Waals surface area contributed by atoms with Gasteiger partial charge in [-0.05, 0) is 13.8 Å². The number of rotatable bonds is 3. The summed E-state index contributed by atoms with van der Waals surface area (Å²) in [6.45, 7) is 3.84. The molecule has 5 nitrogen and oxygen atoms in total. The predicted octanol–water partition coefficient (Wildman–Crippen LogP) is 0.426. The van der Waals surface area contributed by atoms with Crippen LogP contribution in [-0.2, 0) is 18.9 Å². The smallest absolute Gasteiger partial charge is 0.164 e. The molecule has 0 saturated carbocycles. The Hall–Kier alpha value is -0.460. The maximum absolute atomic E-state index is 9.78. The van der Waals surface area contributed by atoms with Crippen molar-refractivity contribution in [1.29, 1.82) is 0 Å². The fourth-order valence-corrected chi connectivity index (χ4v) is 2.07. The number of fused-ring (bicyclic) bond motifs is 1. The van der Waals surface area contributed by atoms with E-state index in [1.54, 1.807) is 19.3 Å². The van der Waals surface area contributed by atoms with E-state index >= 15 is 0 Å². The molecule has 16 heavy (non-hydrogen) atoms. The van der Waals surface area contributed by atoms with E-state index in [2.05, 4.69) is 0 Å². The summed E-state index contributed by atoms with van der Waals surface area (Å²) in [5, 5.41) is 9.78. The van der Waals surface area contributed by atoms with Gasteiger partial charge in [-0.25, -0.2) is 0 Å². The first-order valence-corrected chi connectivity index (χ1v) is 5.36. The Morgan fingerprint density at radius 1 is 1.25 bits per heavy atom. The highest BCUT2D eigenvalue weighted by molar-refractivity contribution is 5.11. The van der Waals surface area contributed by atoms with Gasteiger partial charge in [0.2, 0.25) is 0 Å². The van der Waals surface area contributed by atoms with Crippen molar-refractivity contribution in [2.75, 3.05) is 13.9 Å². The van der Waals surface area contributed by atoms with Gasteiger partial charge in [-0.3, -0.25) is 0 Å². The molecule has 2 aliphatic rings. The van der Waals surface area contributed by atoms with Crippen molar-refractivity contribution < 1.29 is 24.1 Å². The van der Waals surface area contributed by atoms with E-state index in [4.69, 9.17) is 18.9 Å². The van der Waals surface area contributed by atoms with Gasteiger partial charge in [-0.2, -0.15) is 0 Å². The van der Waals surface area contributed by atoms with Gasteiger partial charge in [0.05, 0.1) is 0 Å². The summed E-state index contributed by atoms with van der Waals surface area (Å²) in [7, 11) is 1.56. The normalized spacial score (nSPS) is 41.0. The molecule has 1 aliphatic heterocycles. The first kappa shape index (κ1) is 12.0. The minimum atomic E-state index is -0.684. The standard InChI is InChI=1S/C11H18O5/c1-11(2)15-9-7(12)4-5-8(10(9)16-11)14-6-13-3/h4-5,7-10,12H,6H2,1-3H3/t7-,8-,9-,10+/m0/s1. The number of aliphatic hydroxyl groups is 1. The van der Waals surface area contributed by atoms with E-state index in [0.717, 1.165) is 0 Å². The monoisotopic (exact) mass is 230 g/mol. The van der Waals surface area contributed by atoms with Gasteiger partial charge in [0.15, 0.2) is 5.79 Å². The average Bonchev–Trinajstić information content (AvgIpc) is 2.54. The average molecular weight is 230 g/mol. The number of ether oxygens (including phenoxy) is 4. The number of hydrogen-bond donors (Lipinski definition) is 1. The molecule has 0 spiro atoms. The summed E-state index contributed by atoms with van der Waals surface area (Å²) >= 11 is 0. The molecule has 1 aliphatic carbocycles.